The summed E-state index contributed by atoms with van der Waals surface area (Å²) in [4.78, 5) is 8.55. The number of hydrogen-bond acceptors (Lipinski definition) is 4. The molecule has 21 heavy (non-hydrogen) atoms. The minimum atomic E-state index is -0.147. The first kappa shape index (κ1) is 14.9. The van der Waals surface area contributed by atoms with Crippen LogP contribution in [0.5, 0.6) is 0 Å². The third kappa shape index (κ3) is 3.12. The van der Waals surface area contributed by atoms with Crippen LogP contribution in [0.4, 0.5) is 0 Å². The number of aromatic nitrogens is 3. The molecule has 2 atom stereocenters. The molecule has 2 N–H and O–H groups in total. The molecule has 0 amide bonds. The SMILES string of the molecule is CC1CCCC(CO)(NCc2cnc3cnc(Br)cn23)C1. The van der Waals surface area contributed by atoms with Gasteiger partial charge in [0.15, 0.2) is 5.65 Å². The van der Waals surface area contributed by atoms with Crippen molar-refractivity contribution in [2.24, 2.45) is 5.92 Å². The molecule has 2 aromatic rings. The Balaban J connectivity index is 1.77. The standard InChI is InChI=1S/C15H21BrN4O/c1-11-3-2-4-15(5-11,10-21)19-7-12-6-18-14-8-17-13(16)9-20(12)14/h6,8-9,11,19,21H,2-5,7,10H2,1H3. The van der Waals surface area contributed by atoms with E-state index in [1.54, 1.807) is 6.20 Å². The van der Waals surface area contributed by atoms with E-state index in [2.05, 4.69) is 38.1 Å². The van der Waals surface area contributed by atoms with E-state index in [4.69, 9.17) is 0 Å². The smallest absolute Gasteiger partial charge is 0.155 e. The number of aliphatic hydroxyl groups is 1. The molecule has 1 saturated carbocycles. The van der Waals surface area contributed by atoms with Crippen LogP contribution < -0.4 is 5.32 Å². The van der Waals surface area contributed by atoms with Gasteiger partial charge in [-0.2, -0.15) is 0 Å². The normalized spacial score (nSPS) is 26.3. The van der Waals surface area contributed by atoms with Gasteiger partial charge in [0, 0.05) is 18.3 Å². The molecule has 5 nitrogen and oxygen atoms in total. The van der Waals surface area contributed by atoms with E-state index < -0.39 is 0 Å². The number of fused-ring (bicyclic) bond motifs is 1. The molecule has 0 aliphatic heterocycles. The highest BCUT2D eigenvalue weighted by molar-refractivity contribution is 9.10. The summed E-state index contributed by atoms with van der Waals surface area (Å²) in [6, 6.07) is 0. The van der Waals surface area contributed by atoms with E-state index in [1.807, 2.05) is 16.8 Å². The van der Waals surface area contributed by atoms with Crippen molar-refractivity contribution in [2.45, 2.75) is 44.7 Å². The van der Waals surface area contributed by atoms with Crippen molar-refractivity contribution in [3.63, 3.8) is 0 Å². The Labute approximate surface area is 132 Å². The molecule has 6 heteroatoms. The van der Waals surface area contributed by atoms with Gasteiger partial charge in [-0.3, -0.25) is 4.40 Å². The topological polar surface area (TPSA) is 62.5 Å². The lowest BCUT2D eigenvalue weighted by Crippen LogP contribution is -2.51. The molecule has 0 aromatic carbocycles. The maximum Gasteiger partial charge on any atom is 0.155 e. The molecule has 2 heterocycles. The Morgan fingerprint density at radius 1 is 1.48 bits per heavy atom. The highest BCUT2D eigenvalue weighted by Crippen LogP contribution is 2.32. The van der Waals surface area contributed by atoms with E-state index in [9.17, 15) is 5.11 Å². The minimum Gasteiger partial charge on any atom is -0.394 e. The van der Waals surface area contributed by atoms with Gasteiger partial charge in [-0.1, -0.05) is 19.8 Å². The van der Waals surface area contributed by atoms with Crippen LogP contribution in [0, 0.1) is 5.92 Å². The van der Waals surface area contributed by atoms with Crippen LogP contribution in [0.3, 0.4) is 0 Å². The van der Waals surface area contributed by atoms with Crippen LogP contribution in [0.25, 0.3) is 5.65 Å². The van der Waals surface area contributed by atoms with Crippen LogP contribution in [-0.2, 0) is 6.54 Å². The van der Waals surface area contributed by atoms with Gasteiger partial charge < -0.3 is 10.4 Å². The number of rotatable bonds is 4. The fourth-order valence-corrected chi connectivity index (χ4v) is 3.65. The predicted octanol–water partition coefficient (Wildman–Crippen LogP) is 2.52. The molecule has 2 aromatic heterocycles. The quantitative estimate of drug-likeness (QED) is 0.887. The molecule has 2 unspecified atom stereocenters. The Hall–Kier alpha value is -0.980. The molecule has 0 saturated heterocycles. The Morgan fingerprint density at radius 2 is 2.33 bits per heavy atom. The third-order valence-electron chi connectivity index (χ3n) is 4.48. The number of nitrogens with one attached hydrogen (secondary N) is 1. The summed E-state index contributed by atoms with van der Waals surface area (Å²) in [7, 11) is 0. The second-order valence-corrected chi connectivity index (χ2v) is 6.99. The molecular formula is C15H21BrN4O. The molecule has 0 bridgehead atoms. The van der Waals surface area contributed by atoms with E-state index >= 15 is 0 Å². The lowest BCUT2D eigenvalue weighted by atomic mass is 9.77. The van der Waals surface area contributed by atoms with E-state index in [0.717, 1.165) is 28.8 Å². The van der Waals surface area contributed by atoms with Gasteiger partial charge >= 0.3 is 0 Å². The van der Waals surface area contributed by atoms with Crippen molar-refractivity contribution >= 4 is 21.6 Å². The zero-order chi connectivity index (χ0) is 14.9. The maximum atomic E-state index is 9.84. The first-order chi connectivity index (χ1) is 10.1. The summed E-state index contributed by atoms with van der Waals surface area (Å²) in [6.07, 6.45) is 10.1. The van der Waals surface area contributed by atoms with E-state index in [-0.39, 0.29) is 12.1 Å². The van der Waals surface area contributed by atoms with Crippen molar-refractivity contribution in [3.8, 4) is 0 Å². The summed E-state index contributed by atoms with van der Waals surface area (Å²) < 4.78 is 2.82. The zero-order valence-corrected chi connectivity index (χ0v) is 13.8. The average Bonchev–Trinajstić information content (AvgIpc) is 2.87. The van der Waals surface area contributed by atoms with Crippen LogP contribution in [0.1, 0.15) is 38.3 Å². The van der Waals surface area contributed by atoms with Gasteiger partial charge in [0.1, 0.15) is 4.60 Å². The zero-order valence-electron chi connectivity index (χ0n) is 12.2. The number of nitrogens with zero attached hydrogens (tertiary/aromatic N) is 3. The average molecular weight is 353 g/mol. The minimum absolute atomic E-state index is 0.147. The van der Waals surface area contributed by atoms with Crippen LogP contribution >= 0.6 is 15.9 Å². The predicted molar refractivity (Wildman–Crippen MR) is 85.0 cm³/mol. The Morgan fingerprint density at radius 3 is 3.10 bits per heavy atom. The van der Waals surface area contributed by atoms with Gasteiger partial charge in [0.2, 0.25) is 0 Å². The van der Waals surface area contributed by atoms with Crippen molar-refractivity contribution in [2.75, 3.05) is 6.61 Å². The number of hydrogen-bond donors (Lipinski definition) is 2. The second kappa shape index (κ2) is 6.02. The molecule has 1 aliphatic carbocycles. The number of aliphatic hydroxyl groups excluding tert-OH is 1. The molecule has 0 radical (unpaired) electrons. The van der Waals surface area contributed by atoms with Crippen LogP contribution in [-0.4, -0.2) is 31.6 Å². The van der Waals surface area contributed by atoms with Crippen molar-refractivity contribution in [1.82, 2.24) is 19.7 Å². The summed E-state index contributed by atoms with van der Waals surface area (Å²) in [6.45, 7) is 3.16. The summed E-state index contributed by atoms with van der Waals surface area (Å²) in [5, 5.41) is 13.4. The number of halogens is 1. The molecule has 1 fully saturated rings. The lowest BCUT2D eigenvalue weighted by molar-refractivity contribution is 0.0978. The van der Waals surface area contributed by atoms with Crippen LogP contribution in [0.15, 0.2) is 23.2 Å². The first-order valence-electron chi connectivity index (χ1n) is 7.45. The van der Waals surface area contributed by atoms with Gasteiger partial charge in [0.25, 0.3) is 0 Å². The van der Waals surface area contributed by atoms with Gasteiger partial charge in [-0.15, -0.1) is 0 Å². The van der Waals surface area contributed by atoms with E-state index in [1.165, 1.54) is 12.8 Å². The van der Waals surface area contributed by atoms with Crippen molar-refractivity contribution < 1.29 is 5.11 Å². The third-order valence-corrected chi connectivity index (χ3v) is 4.89. The molecule has 0 spiro atoms. The Kier molecular flexibility index (Phi) is 4.28. The van der Waals surface area contributed by atoms with Crippen LogP contribution in [0.2, 0.25) is 0 Å². The van der Waals surface area contributed by atoms with Crippen molar-refractivity contribution in [3.05, 3.63) is 28.9 Å². The Bertz CT molecular complexity index is 629. The van der Waals surface area contributed by atoms with Crippen molar-refractivity contribution in [1.29, 1.82) is 0 Å². The van der Waals surface area contributed by atoms with E-state index in [0.29, 0.717) is 12.5 Å². The number of imidazole rings is 1. The summed E-state index contributed by atoms with van der Waals surface area (Å²) >= 11 is 3.39. The monoisotopic (exact) mass is 352 g/mol. The fourth-order valence-electron chi connectivity index (χ4n) is 3.35. The largest absolute Gasteiger partial charge is 0.394 e. The molecule has 3 rings (SSSR count). The summed E-state index contributed by atoms with van der Waals surface area (Å²) in [5.74, 6) is 0.666. The fraction of sp³-hybridized carbons (Fsp3) is 0.600. The second-order valence-electron chi connectivity index (χ2n) is 6.18. The lowest BCUT2D eigenvalue weighted by Gasteiger charge is -2.39. The maximum absolute atomic E-state index is 9.84. The van der Waals surface area contributed by atoms with Gasteiger partial charge in [0.05, 0.1) is 24.7 Å². The van der Waals surface area contributed by atoms with Gasteiger partial charge in [-0.25, -0.2) is 9.97 Å². The molecule has 114 valence electrons. The highest BCUT2D eigenvalue weighted by Gasteiger charge is 2.33. The van der Waals surface area contributed by atoms with Gasteiger partial charge in [-0.05, 0) is 34.7 Å². The molecule has 1 aliphatic rings. The molecular weight excluding hydrogens is 332 g/mol. The highest BCUT2D eigenvalue weighted by atomic mass is 79.9. The first-order valence-corrected chi connectivity index (χ1v) is 8.24. The summed E-state index contributed by atoms with van der Waals surface area (Å²) in [5.41, 5.74) is 1.77.